The van der Waals surface area contributed by atoms with E-state index >= 15 is 0 Å². The van der Waals surface area contributed by atoms with Gasteiger partial charge in [-0.3, -0.25) is 4.79 Å². The van der Waals surface area contributed by atoms with Crippen molar-refractivity contribution in [2.75, 3.05) is 6.54 Å². The molecule has 0 aliphatic rings. The van der Waals surface area contributed by atoms with Crippen LogP contribution in [0.4, 0.5) is 0 Å². The summed E-state index contributed by atoms with van der Waals surface area (Å²) in [5, 5.41) is 11.5. The van der Waals surface area contributed by atoms with Crippen molar-refractivity contribution in [3.05, 3.63) is 51.6 Å². The summed E-state index contributed by atoms with van der Waals surface area (Å²) in [7, 11) is 0. The fraction of sp³-hybridized carbons (Fsp3) is 0.154. The highest BCUT2D eigenvalue weighted by Gasteiger charge is 2.07. The van der Waals surface area contributed by atoms with E-state index in [0.29, 0.717) is 18.7 Å². The molecule has 0 bridgehead atoms. The van der Waals surface area contributed by atoms with Crippen LogP contribution in [0.25, 0.3) is 0 Å². The first-order valence-corrected chi connectivity index (χ1v) is 6.93. The van der Waals surface area contributed by atoms with Gasteiger partial charge in [-0.1, -0.05) is 0 Å². The van der Waals surface area contributed by atoms with Crippen molar-refractivity contribution in [3.8, 4) is 0 Å². The van der Waals surface area contributed by atoms with Crippen LogP contribution < -0.4 is 5.32 Å². The predicted octanol–water partition coefficient (Wildman–Crippen LogP) is 1.62. The van der Waals surface area contributed by atoms with Crippen LogP contribution in [-0.4, -0.2) is 33.1 Å². The second-order valence-electron chi connectivity index (χ2n) is 4.06. The molecule has 1 heterocycles. The molecule has 1 aromatic heterocycles. The van der Waals surface area contributed by atoms with Gasteiger partial charge in [-0.15, -0.1) is 0 Å². The highest BCUT2D eigenvalue weighted by molar-refractivity contribution is 14.1. The number of aromatic nitrogens is 2. The normalized spacial score (nSPS) is 10.2. The molecule has 0 spiro atoms. The number of halogens is 1. The van der Waals surface area contributed by atoms with E-state index in [1.54, 1.807) is 16.7 Å². The number of amides is 1. The van der Waals surface area contributed by atoms with Crippen LogP contribution in [0.5, 0.6) is 0 Å². The minimum atomic E-state index is -1.06. The lowest BCUT2D eigenvalue weighted by Crippen LogP contribution is -2.26. The van der Waals surface area contributed by atoms with Gasteiger partial charge >= 0.3 is 5.97 Å². The molecule has 2 rings (SSSR count). The van der Waals surface area contributed by atoms with Crippen LogP contribution in [0.1, 0.15) is 20.8 Å². The highest BCUT2D eigenvalue weighted by atomic mass is 127. The van der Waals surface area contributed by atoms with E-state index < -0.39 is 5.97 Å². The molecule has 2 N–H and O–H groups in total. The lowest BCUT2D eigenvalue weighted by Gasteiger charge is -2.05. The van der Waals surface area contributed by atoms with E-state index in [1.165, 1.54) is 12.5 Å². The Morgan fingerprint density at radius 2 is 2.00 bits per heavy atom. The summed E-state index contributed by atoms with van der Waals surface area (Å²) in [6.07, 6.45) is 2.86. The average Bonchev–Trinajstić information content (AvgIpc) is 2.88. The van der Waals surface area contributed by atoms with Crippen LogP contribution >= 0.6 is 22.6 Å². The molecule has 1 amide bonds. The summed E-state index contributed by atoms with van der Waals surface area (Å²) in [6, 6.07) is 7.25. The summed E-state index contributed by atoms with van der Waals surface area (Å²) in [5.41, 5.74) is 0.594. The Balaban J connectivity index is 1.84. The van der Waals surface area contributed by atoms with E-state index in [1.807, 2.05) is 12.1 Å². The predicted molar refractivity (Wildman–Crippen MR) is 80.7 cm³/mol. The highest BCUT2D eigenvalue weighted by Crippen LogP contribution is 2.06. The van der Waals surface area contributed by atoms with Gasteiger partial charge in [0.1, 0.15) is 0 Å². The van der Waals surface area contributed by atoms with Gasteiger partial charge in [-0.25, -0.2) is 9.78 Å². The van der Waals surface area contributed by atoms with Gasteiger partial charge in [-0.2, -0.15) is 0 Å². The van der Waals surface area contributed by atoms with Gasteiger partial charge in [-0.05, 0) is 46.9 Å². The average molecular weight is 385 g/mol. The molecule has 0 unspecified atom stereocenters. The molecule has 0 atom stereocenters. The number of hydrogen-bond acceptors (Lipinski definition) is 3. The molecule has 0 fully saturated rings. The number of hydrogen-bond donors (Lipinski definition) is 2. The summed E-state index contributed by atoms with van der Waals surface area (Å²) in [4.78, 5) is 26.2. The van der Waals surface area contributed by atoms with Crippen molar-refractivity contribution in [2.24, 2.45) is 0 Å². The third kappa shape index (κ3) is 3.80. The molecule has 1 aromatic carbocycles. The molecule has 0 aliphatic carbocycles. The van der Waals surface area contributed by atoms with Gasteiger partial charge in [0.15, 0.2) is 5.69 Å². The van der Waals surface area contributed by atoms with Crippen molar-refractivity contribution in [3.63, 3.8) is 0 Å². The molecule has 2 aromatic rings. The topological polar surface area (TPSA) is 84.2 Å². The van der Waals surface area contributed by atoms with E-state index in [2.05, 4.69) is 32.9 Å². The number of nitrogens with one attached hydrogen (secondary N) is 1. The number of aromatic carboxylic acids is 1. The Morgan fingerprint density at radius 3 is 2.60 bits per heavy atom. The number of nitrogens with zero attached hydrogens (tertiary/aromatic N) is 2. The van der Waals surface area contributed by atoms with E-state index in [-0.39, 0.29) is 11.6 Å². The zero-order chi connectivity index (χ0) is 14.5. The van der Waals surface area contributed by atoms with E-state index in [9.17, 15) is 9.59 Å². The summed E-state index contributed by atoms with van der Waals surface area (Å²) in [5.74, 6) is -1.22. The van der Waals surface area contributed by atoms with Crippen LogP contribution in [0.2, 0.25) is 0 Å². The number of imidazole rings is 1. The molecule has 0 aliphatic heterocycles. The van der Waals surface area contributed by atoms with Gasteiger partial charge in [0.25, 0.3) is 5.91 Å². The summed E-state index contributed by atoms with van der Waals surface area (Å²) < 4.78 is 2.69. The maximum atomic E-state index is 11.8. The summed E-state index contributed by atoms with van der Waals surface area (Å²) >= 11 is 2.17. The van der Waals surface area contributed by atoms with E-state index in [0.717, 1.165) is 3.57 Å². The number of rotatable bonds is 5. The van der Waals surface area contributed by atoms with Crippen molar-refractivity contribution in [1.82, 2.24) is 14.9 Å². The Kier molecular flexibility index (Phi) is 4.72. The van der Waals surface area contributed by atoms with Gasteiger partial charge in [0.05, 0.1) is 6.33 Å². The van der Waals surface area contributed by atoms with Crippen LogP contribution in [0, 0.1) is 3.57 Å². The number of carboxylic acids is 1. The van der Waals surface area contributed by atoms with Crippen molar-refractivity contribution < 1.29 is 14.7 Å². The Hall–Kier alpha value is -1.90. The first-order chi connectivity index (χ1) is 9.56. The molecule has 7 heteroatoms. The first-order valence-electron chi connectivity index (χ1n) is 5.85. The minimum absolute atomic E-state index is 0.00559. The number of carboxylic acid groups (broad SMARTS) is 1. The molecule has 0 radical (unpaired) electrons. The lowest BCUT2D eigenvalue weighted by molar-refractivity contribution is 0.0690. The fourth-order valence-electron chi connectivity index (χ4n) is 1.59. The zero-order valence-electron chi connectivity index (χ0n) is 10.4. The third-order valence-electron chi connectivity index (χ3n) is 2.61. The van der Waals surface area contributed by atoms with Crippen LogP contribution in [0.3, 0.4) is 0 Å². The fourth-order valence-corrected chi connectivity index (χ4v) is 1.95. The molecule has 6 nitrogen and oxygen atoms in total. The van der Waals surface area contributed by atoms with Crippen molar-refractivity contribution in [2.45, 2.75) is 6.54 Å². The zero-order valence-corrected chi connectivity index (χ0v) is 12.6. The molecular weight excluding hydrogens is 373 g/mol. The maximum absolute atomic E-state index is 11.8. The van der Waals surface area contributed by atoms with Gasteiger partial charge in [0.2, 0.25) is 0 Å². The maximum Gasteiger partial charge on any atom is 0.356 e. The standard InChI is InChI=1S/C13H12IN3O3/c14-10-3-1-9(2-4-10)12(18)15-5-6-17-7-11(13(19)20)16-8-17/h1-4,7-8H,5-6H2,(H,15,18)(H,19,20). The molecule has 0 saturated carbocycles. The largest absolute Gasteiger partial charge is 0.476 e. The number of carbonyl (C=O) groups excluding carboxylic acids is 1. The van der Waals surface area contributed by atoms with Crippen molar-refractivity contribution >= 4 is 34.5 Å². The monoisotopic (exact) mass is 385 g/mol. The molecule has 20 heavy (non-hydrogen) atoms. The third-order valence-corrected chi connectivity index (χ3v) is 3.33. The smallest absolute Gasteiger partial charge is 0.356 e. The lowest BCUT2D eigenvalue weighted by atomic mass is 10.2. The minimum Gasteiger partial charge on any atom is -0.476 e. The van der Waals surface area contributed by atoms with Gasteiger partial charge < -0.3 is 15.0 Å². The number of benzene rings is 1. The number of carbonyl (C=O) groups is 2. The second kappa shape index (κ2) is 6.51. The summed E-state index contributed by atoms with van der Waals surface area (Å²) in [6.45, 7) is 0.872. The Labute approximate surface area is 129 Å². The van der Waals surface area contributed by atoms with E-state index in [4.69, 9.17) is 5.11 Å². The first kappa shape index (κ1) is 14.5. The molecule has 104 valence electrons. The quantitative estimate of drug-likeness (QED) is 0.767. The van der Waals surface area contributed by atoms with Crippen molar-refractivity contribution in [1.29, 1.82) is 0 Å². The second-order valence-corrected chi connectivity index (χ2v) is 5.31. The van der Waals surface area contributed by atoms with Gasteiger partial charge in [0, 0.05) is 28.4 Å². The molecular formula is C13H12IN3O3. The van der Waals surface area contributed by atoms with Crippen LogP contribution in [0.15, 0.2) is 36.8 Å². The Morgan fingerprint density at radius 1 is 1.30 bits per heavy atom. The Bertz CT molecular complexity index is 622. The van der Waals surface area contributed by atoms with Crippen LogP contribution in [-0.2, 0) is 6.54 Å². The SMILES string of the molecule is O=C(NCCn1cnc(C(=O)O)c1)c1ccc(I)cc1. The molecule has 0 saturated heterocycles.